The molecule has 0 unspecified atom stereocenters. The fraction of sp³-hybridized carbons (Fsp3) is 0.0833. The lowest BCUT2D eigenvalue weighted by Crippen LogP contribution is -2.21. The van der Waals surface area contributed by atoms with E-state index in [0.29, 0.717) is 34.4 Å². The minimum atomic E-state index is -0.171. The first-order valence-corrected chi connectivity index (χ1v) is 10.5. The quantitative estimate of drug-likeness (QED) is 0.391. The first-order valence-electron chi connectivity index (χ1n) is 9.35. The van der Waals surface area contributed by atoms with Crippen molar-refractivity contribution in [2.45, 2.75) is 13.5 Å². The number of nitrogens with zero attached hydrogens (tertiary/aromatic N) is 2. The predicted octanol–water partition coefficient (Wildman–Crippen LogP) is 6.49. The van der Waals surface area contributed by atoms with E-state index in [1.807, 2.05) is 85.8 Å². The number of hydrogen-bond donors (Lipinski definition) is 0. The molecule has 0 spiro atoms. The standard InChI is InChI=1S/C24H18BrClN2O2/c1-16-21(24(29)28(27-16)20-12-10-19(25)11-13-20)14-17-6-3-5-9-23(17)30-15-18-7-2-4-8-22(18)26/h2-14H,15H2,1H3. The molecule has 0 radical (unpaired) electrons. The summed E-state index contributed by atoms with van der Waals surface area (Å²) in [5.74, 6) is 0.503. The third-order valence-electron chi connectivity index (χ3n) is 4.69. The monoisotopic (exact) mass is 480 g/mol. The number of para-hydroxylation sites is 1. The normalized spacial score (nSPS) is 14.9. The highest BCUT2D eigenvalue weighted by Crippen LogP contribution is 2.29. The smallest absolute Gasteiger partial charge is 0.280 e. The zero-order chi connectivity index (χ0) is 21.1. The molecule has 0 saturated carbocycles. The van der Waals surface area contributed by atoms with Crippen LogP contribution in [-0.2, 0) is 11.4 Å². The van der Waals surface area contributed by atoms with E-state index in [-0.39, 0.29) is 5.91 Å². The average Bonchev–Trinajstić information content (AvgIpc) is 3.03. The van der Waals surface area contributed by atoms with Gasteiger partial charge in [0, 0.05) is 20.6 Å². The minimum absolute atomic E-state index is 0.171. The van der Waals surface area contributed by atoms with Crippen LogP contribution in [0.15, 0.2) is 87.9 Å². The molecule has 0 atom stereocenters. The summed E-state index contributed by atoms with van der Waals surface area (Å²) in [6.07, 6.45) is 1.82. The average molecular weight is 482 g/mol. The van der Waals surface area contributed by atoms with Crippen molar-refractivity contribution in [3.05, 3.63) is 99.0 Å². The molecule has 6 heteroatoms. The number of amides is 1. The van der Waals surface area contributed by atoms with Crippen molar-refractivity contribution in [3.8, 4) is 5.75 Å². The van der Waals surface area contributed by atoms with Gasteiger partial charge < -0.3 is 4.74 Å². The Morgan fingerprint density at radius 1 is 1.03 bits per heavy atom. The lowest BCUT2D eigenvalue weighted by atomic mass is 10.1. The van der Waals surface area contributed by atoms with Gasteiger partial charge in [-0.15, -0.1) is 0 Å². The van der Waals surface area contributed by atoms with Gasteiger partial charge in [0.2, 0.25) is 0 Å². The Morgan fingerprint density at radius 2 is 1.73 bits per heavy atom. The predicted molar refractivity (Wildman–Crippen MR) is 125 cm³/mol. The van der Waals surface area contributed by atoms with Gasteiger partial charge in [-0.05, 0) is 49.4 Å². The Morgan fingerprint density at radius 3 is 2.50 bits per heavy atom. The van der Waals surface area contributed by atoms with Crippen molar-refractivity contribution in [1.29, 1.82) is 0 Å². The summed E-state index contributed by atoms with van der Waals surface area (Å²) in [7, 11) is 0. The molecule has 150 valence electrons. The number of hydrazone groups is 1. The van der Waals surface area contributed by atoms with Crippen LogP contribution in [0, 0.1) is 0 Å². The third-order valence-corrected chi connectivity index (χ3v) is 5.59. The molecule has 3 aromatic rings. The number of ether oxygens (including phenoxy) is 1. The van der Waals surface area contributed by atoms with Crippen LogP contribution in [0.2, 0.25) is 5.02 Å². The highest BCUT2D eigenvalue weighted by atomic mass is 79.9. The Balaban J connectivity index is 1.59. The lowest BCUT2D eigenvalue weighted by Gasteiger charge is -2.12. The van der Waals surface area contributed by atoms with Crippen LogP contribution in [0.4, 0.5) is 5.69 Å². The number of carbonyl (C=O) groups excluding carboxylic acids is 1. The van der Waals surface area contributed by atoms with Crippen molar-refractivity contribution in [1.82, 2.24) is 0 Å². The van der Waals surface area contributed by atoms with E-state index >= 15 is 0 Å². The zero-order valence-corrected chi connectivity index (χ0v) is 18.5. The summed E-state index contributed by atoms with van der Waals surface area (Å²) in [6, 6.07) is 22.6. The van der Waals surface area contributed by atoms with E-state index in [0.717, 1.165) is 15.6 Å². The van der Waals surface area contributed by atoms with E-state index in [2.05, 4.69) is 21.0 Å². The molecule has 0 fully saturated rings. The molecular formula is C24H18BrClN2O2. The molecule has 0 bridgehead atoms. The number of halogens is 2. The van der Waals surface area contributed by atoms with Gasteiger partial charge in [-0.2, -0.15) is 10.1 Å². The third kappa shape index (κ3) is 4.32. The Bertz CT molecular complexity index is 1160. The fourth-order valence-corrected chi connectivity index (χ4v) is 3.55. The summed E-state index contributed by atoms with van der Waals surface area (Å²) >= 11 is 9.64. The summed E-state index contributed by atoms with van der Waals surface area (Å²) in [6.45, 7) is 2.17. The molecule has 0 aromatic heterocycles. The maximum absolute atomic E-state index is 13.0. The summed E-state index contributed by atoms with van der Waals surface area (Å²) in [5, 5.41) is 6.52. The van der Waals surface area contributed by atoms with Crippen LogP contribution in [0.5, 0.6) is 5.75 Å². The minimum Gasteiger partial charge on any atom is -0.488 e. The van der Waals surface area contributed by atoms with Gasteiger partial charge in [-0.25, -0.2) is 0 Å². The number of rotatable bonds is 5. The molecule has 3 aromatic carbocycles. The van der Waals surface area contributed by atoms with Crippen LogP contribution >= 0.6 is 27.5 Å². The SMILES string of the molecule is CC1=NN(c2ccc(Br)cc2)C(=O)C1=Cc1ccccc1OCc1ccccc1Cl. The highest BCUT2D eigenvalue weighted by molar-refractivity contribution is 9.10. The van der Waals surface area contributed by atoms with Crippen molar-refractivity contribution >= 4 is 50.9 Å². The number of anilines is 1. The van der Waals surface area contributed by atoms with Crippen LogP contribution in [0.3, 0.4) is 0 Å². The number of carbonyl (C=O) groups is 1. The topological polar surface area (TPSA) is 41.9 Å². The van der Waals surface area contributed by atoms with Gasteiger partial charge in [-0.1, -0.05) is 63.9 Å². The Labute approximate surface area is 188 Å². The van der Waals surface area contributed by atoms with Gasteiger partial charge in [-0.3, -0.25) is 4.79 Å². The van der Waals surface area contributed by atoms with Crippen LogP contribution in [0.1, 0.15) is 18.1 Å². The van der Waals surface area contributed by atoms with Gasteiger partial charge in [0.15, 0.2) is 0 Å². The molecular weight excluding hydrogens is 464 g/mol. The number of hydrogen-bond acceptors (Lipinski definition) is 3. The van der Waals surface area contributed by atoms with E-state index < -0.39 is 0 Å². The van der Waals surface area contributed by atoms with Crippen LogP contribution in [-0.4, -0.2) is 11.6 Å². The van der Waals surface area contributed by atoms with Gasteiger partial charge in [0.25, 0.3) is 5.91 Å². The summed E-state index contributed by atoms with van der Waals surface area (Å²) in [5.41, 5.74) is 3.61. The molecule has 1 aliphatic heterocycles. The van der Waals surface area contributed by atoms with E-state index in [1.165, 1.54) is 5.01 Å². The summed E-state index contributed by atoms with van der Waals surface area (Å²) < 4.78 is 6.95. The lowest BCUT2D eigenvalue weighted by molar-refractivity contribution is -0.114. The summed E-state index contributed by atoms with van der Waals surface area (Å²) in [4.78, 5) is 13.0. The second-order valence-corrected chi connectivity index (χ2v) is 8.08. The Kier molecular flexibility index (Phi) is 6.02. The zero-order valence-electron chi connectivity index (χ0n) is 16.2. The molecule has 1 heterocycles. The molecule has 0 N–H and O–H groups in total. The van der Waals surface area contributed by atoms with Gasteiger partial charge >= 0.3 is 0 Å². The van der Waals surface area contributed by atoms with Crippen molar-refractivity contribution in [3.63, 3.8) is 0 Å². The van der Waals surface area contributed by atoms with Crippen molar-refractivity contribution < 1.29 is 9.53 Å². The molecule has 1 aliphatic rings. The molecule has 30 heavy (non-hydrogen) atoms. The van der Waals surface area contributed by atoms with Crippen LogP contribution < -0.4 is 9.75 Å². The highest BCUT2D eigenvalue weighted by Gasteiger charge is 2.28. The van der Waals surface area contributed by atoms with Gasteiger partial charge in [0.05, 0.1) is 17.0 Å². The second kappa shape index (κ2) is 8.86. The van der Waals surface area contributed by atoms with E-state index in [4.69, 9.17) is 16.3 Å². The Hall–Kier alpha value is -2.89. The molecule has 0 saturated heterocycles. The maximum Gasteiger partial charge on any atom is 0.280 e. The number of benzene rings is 3. The van der Waals surface area contributed by atoms with E-state index in [1.54, 1.807) is 0 Å². The second-order valence-electron chi connectivity index (χ2n) is 6.75. The molecule has 4 rings (SSSR count). The molecule has 0 aliphatic carbocycles. The van der Waals surface area contributed by atoms with Crippen molar-refractivity contribution in [2.75, 3.05) is 5.01 Å². The molecule has 1 amide bonds. The van der Waals surface area contributed by atoms with Crippen molar-refractivity contribution in [2.24, 2.45) is 5.10 Å². The largest absolute Gasteiger partial charge is 0.488 e. The van der Waals surface area contributed by atoms with Gasteiger partial charge in [0.1, 0.15) is 12.4 Å². The first-order chi connectivity index (χ1) is 14.5. The van der Waals surface area contributed by atoms with Crippen LogP contribution in [0.25, 0.3) is 6.08 Å². The first kappa shape index (κ1) is 20.4. The molecule has 4 nitrogen and oxygen atoms in total. The fourth-order valence-electron chi connectivity index (χ4n) is 3.10. The maximum atomic E-state index is 13.0. The van der Waals surface area contributed by atoms with E-state index in [9.17, 15) is 4.79 Å².